The lowest BCUT2D eigenvalue weighted by molar-refractivity contribution is -0.149. The van der Waals surface area contributed by atoms with Gasteiger partial charge in [-0.25, -0.2) is 4.39 Å². The second-order valence-corrected chi connectivity index (χ2v) is 5.66. The van der Waals surface area contributed by atoms with Gasteiger partial charge >= 0.3 is 5.97 Å². The van der Waals surface area contributed by atoms with E-state index in [1.165, 1.54) is 12.1 Å². The van der Waals surface area contributed by atoms with Crippen LogP contribution in [0.3, 0.4) is 0 Å². The summed E-state index contributed by atoms with van der Waals surface area (Å²) in [6.07, 6.45) is 0. The smallest absolute Gasteiger partial charge is 0.316 e. The molecule has 1 atom stereocenters. The number of carboxylic acids is 1. The predicted molar refractivity (Wildman–Crippen MR) is 70.6 cm³/mol. The molecule has 0 fully saturated rings. The molecule has 0 radical (unpaired) electrons. The monoisotopic (exact) mass is 287 g/mol. The average molecular weight is 288 g/mol. The Morgan fingerprint density at radius 2 is 1.95 bits per heavy atom. The zero-order valence-corrected chi connectivity index (χ0v) is 11.6. The van der Waals surface area contributed by atoms with Gasteiger partial charge in [0.2, 0.25) is 5.91 Å². The molecule has 0 aromatic heterocycles. The summed E-state index contributed by atoms with van der Waals surface area (Å²) >= 11 is 5.52. The molecule has 2 N–H and O–H groups in total. The first kappa shape index (κ1) is 15.4. The van der Waals surface area contributed by atoms with Crippen LogP contribution in [-0.4, -0.2) is 17.0 Å². The van der Waals surface area contributed by atoms with Crippen molar-refractivity contribution in [3.8, 4) is 0 Å². The highest BCUT2D eigenvalue weighted by Crippen LogP contribution is 2.28. The van der Waals surface area contributed by atoms with Crippen molar-refractivity contribution in [3.05, 3.63) is 29.0 Å². The SMILES string of the molecule is CC(C)(C)C(C(=O)O)C(=O)Nc1ccc(Cl)c(F)c1. The molecule has 1 aromatic carbocycles. The molecule has 1 aromatic rings. The molecular weight excluding hydrogens is 273 g/mol. The molecule has 19 heavy (non-hydrogen) atoms. The fourth-order valence-electron chi connectivity index (χ4n) is 1.66. The van der Waals surface area contributed by atoms with E-state index in [4.69, 9.17) is 16.7 Å². The Hall–Kier alpha value is -1.62. The zero-order valence-electron chi connectivity index (χ0n) is 10.8. The van der Waals surface area contributed by atoms with Crippen molar-refractivity contribution in [1.82, 2.24) is 0 Å². The van der Waals surface area contributed by atoms with Crippen molar-refractivity contribution in [2.75, 3.05) is 5.32 Å². The third-order valence-electron chi connectivity index (χ3n) is 2.56. The quantitative estimate of drug-likeness (QED) is 0.839. The minimum Gasteiger partial charge on any atom is -0.481 e. The normalized spacial score (nSPS) is 12.9. The first-order valence-electron chi connectivity index (χ1n) is 5.61. The molecule has 0 heterocycles. The van der Waals surface area contributed by atoms with Crippen LogP contribution < -0.4 is 5.32 Å². The second kappa shape index (κ2) is 5.57. The maximum absolute atomic E-state index is 13.2. The van der Waals surface area contributed by atoms with Gasteiger partial charge < -0.3 is 10.4 Å². The van der Waals surface area contributed by atoms with Crippen molar-refractivity contribution < 1.29 is 19.1 Å². The van der Waals surface area contributed by atoms with E-state index >= 15 is 0 Å². The number of nitrogens with one attached hydrogen (secondary N) is 1. The summed E-state index contributed by atoms with van der Waals surface area (Å²) in [6.45, 7) is 4.94. The summed E-state index contributed by atoms with van der Waals surface area (Å²) in [6, 6.07) is 3.74. The van der Waals surface area contributed by atoms with Crippen LogP contribution in [0, 0.1) is 17.2 Å². The fourth-order valence-corrected chi connectivity index (χ4v) is 1.78. The number of rotatable bonds is 3. The molecule has 0 aliphatic heterocycles. The van der Waals surface area contributed by atoms with E-state index in [2.05, 4.69) is 5.32 Å². The van der Waals surface area contributed by atoms with Crippen molar-refractivity contribution in [3.63, 3.8) is 0 Å². The summed E-state index contributed by atoms with van der Waals surface area (Å²) in [5.41, 5.74) is -0.580. The number of carboxylic acid groups (broad SMARTS) is 1. The van der Waals surface area contributed by atoms with Crippen LogP contribution in [0.25, 0.3) is 0 Å². The number of halogens is 2. The van der Waals surface area contributed by atoms with Crippen LogP contribution in [0.5, 0.6) is 0 Å². The topological polar surface area (TPSA) is 66.4 Å². The first-order chi connectivity index (χ1) is 8.62. The Balaban J connectivity index is 2.94. The summed E-state index contributed by atoms with van der Waals surface area (Å²) in [7, 11) is 0. The molecule has 0 spiro atoms. The molecule has 1 amide bonds. The van der Waals surface area contributed by atoms with E-state index in [1.807, 2.05) is 0 Å². The standard InChI is InChI=1S/C13H15ClFNO3/c1-13(2,3)10(12(18)19)11(17)16-7-4-5-8(14)9(15)6-7/h4-6,10H,1-3H3,(H,16,17)(H,18,19). The fraction of sp³-hybridized carbons (Fsp3) is 0.385. The number of carbonyl (C=O) groups is 2. The average Bonchev–Trinajstić information content (AvgIpc) is 2.20. The van der Waals surface area contributed by atoms with Gasteiger partial charge in [-0.05, 0) is 23.6 Å². The number of carbonyl (C=O) groups excluding carboxylic acids is 1. The highest BCUT2D eigenvalue weighted by Gasteiger charge is 2.37. The van der Waals surface area contributed by atoms with Gasteiger partial charge in [0.1, 0.15) is 11.7 Å². The summed E-state index contributed by atoms with van der Waals surface area (Å²) in [4.78, 5) is 23.1. The van der Waals surface area contributed by atoms with E-state index in [-0.39, 0.29) is 10.7 Å². The van der Waals surface area contributed by atoms with E-state index in [0.717, 1.165) is 6.07 Å². The van der Waals surface area contributed by atoms with Gasteiger partial charge in [0.15, 0.2) is 0 Å². The van der Waals surface area contributed by atoms with Crippen LogP contribution >= 0.6 is 11.6 Å². The summed E-state index contributed by atoms with van der Waals surface area (Å²) in [5, 5.41) is 11.4. The highest BCUT2D eigenvalue weighted by atomic mass is 35.5. The maximum Gasteiger partial charge on any atom is 0.316 e. The predicted octanol–water partition coefficient (Wildman–Crippen LogP) is 3.16. The van der Waals surface area contributed by atoms with Crippen LogP contribution in [0.4, 0.5) is 10.1 Å². The van der Waals surface area contributed by atoms with Gasteiger partial charge in [0.05, 0.1) is 5.02 Å². The van der Waals surface area contributed by atoms with Crippen LogP contribution in [-0.2, 0) is 9.59 Å². The second-order valence-electron chi connectivity index (χ2n) is 5.26. The maximum atomic E-state index is 13.2. The molecule has 0 saturated heterocycles. The molecule has 1 unspecified atom stereocenters. The molecule has 0 bridgehead atoms. The Bertz CT molecular complexity index is 511. The van der Waals surface area contributed by atoms with Crippen molar-refractivity contribution in [1.29, 1.82) is 0 Å². The zero-order chi connectivity index (χ0) is 14.8. The van der Waals surface area contributed by atoms with Gasteiger partial charge in [-0.2, -0.15) is 0 Å². The summed E-state index contributed by atoms with van der Waals surface area (Å²) < 4.78 is 13.2. The van der Waals surface area contributed by atoms with Crippen LogP contribution in [0.1, 0.15) is 20.8 Å². The van der Waals surface area contributed by atoms with Gasteiger partial charge in [0.25, 0.3) is 0 Å². The third-order valence-corrected chi connectivity index (χ3v) is 2.87. The number of hydrogen-bond donors (Lipinski definition) is 2. The number of hydrogen-bond acceptors (Lipinski definition) is 2. The Morgan fingerprint density at radius 3 is 2.37 bits per heavy atom. The van der Waals surface area contributed by atoms with E-state index in [1.54, 1.807) is 20.8 Å². The minimum absolute atomic E-state index is 0.0661. The molecule has 0 saturated carbocycles. The molecule has 104 valence electrons. The Morgan fingerprint density at radius 1 is 1.37 bits per heavy atom. The van der Waals surface area contributed by atoms with Crippen molar-refractivity contribution in [2.45, 2.75) is 20.8 Å². The lowest BCUT2D eigenvalue weighted by atomic mass is 9.80. The Kier molecular flexibility index (Phi) is 4.52. The van der Waals surface area contributed by atoms with E-state index in [9.17, 15) is 14.0 Å². The minimum atomic E-state index is -1.23. The van der Waals surface area contributed by atoms with E-state index in [0.29, 0.717) is 0 Å². The molecular formula is C13H15ClFNO3. The van der Waals surface area contributed by atoms with E-state index < -0.39 is 29.0 Å². The number of benzene rings is 1. The molecule has 0 aliphatic rings. The first-order valence-corrected chi connectivity index (χ1v) is 5.99. The van der Waals surface area contributed by atoms with Gasteiger partial charge in [0, 0.05) is 5.69 Å². The van der Waals surface area contributed by atoms with Gasteiger partial charge in [-0.3, -0.25) is 9.59 Å². The van der Waals surface area contributed by atoms with Gasteiger partial charge in [-0.15, -0.1) is 0 Å². The lowest BCUT2D eigenvalue weighted by Gasteiger charge is -2.25. The molecule has 0 aliphatic carbocycles. The van der Waals surface area contributed by atoms with Crippen LogP contribution in [0.15, 0.2) is 18.2 Å². The lowest BCUT2D eigenvalue weighted by Crippen LogP contribution is -2.39. The van der Waals surface area contributed by atoms with Crippen LogP contribution in [0.2, 0.25) is 5.02 Å². The molecule has 1 rings (SSSR count). The van der Waals surface area contributed by atoms with Crippen molar-refractivity contribution in [2.24, 2.45) is 11.3 Å². The highest BCUT2D eigenvalue weighted by molar-refractivity contribution is 6.30. The number of aliphatic carboxylic acids is 1. The molecule has 6 heteroatoms. The largest absolute Gasteiger partial charge is 0.481 e. The summed E-state index contributed by atoms with van der Waals surface area (Å²) in [5.74, 6) is -3.82. The van der Waals surface area contributed by atoms with Crippen molar-refractivity contribution >= 4 is 29.2 Å². The number of amides is 1. The van der Waals surface area contributed by atoms with Gasteiger partial charge in [-0.1, -0.05) is 32.4 Å². The molecule has 4 nitrogen and oxygen atoms in total. The Labute approximate surface area is 115 Å². The third kappa shape index (κ3) is 3.92. The number of anilines is 1.